The number of aromatic nitrogens is 1. The molecule has 1 aliphatic heterocycles. The van der Waals surface area contributed by atoms with Gasteiger partial charge < -0.3 is 0 Å². The van der Waals surface area contributed by atoms with Gasteiger partial charge in [0.2, 0.25) is 0 Å². The predicted molar refractivity (Wildman–Crippen MR) is 59.7 cm³/mol. The number of thiazole rings is 1. The number of hydrogen-bond donors (Lipinski definition) is 0. The third-order valence-electron chi connectivity index (χ3n) is 2.37. The summed E-state index contributed by atoms with van der Waals surface area (Å²) in [5.74, 6) is 0. The molecule has 84 valence electrons. The molecule has 0 aliphatic carbocycles. The van der Waals surface area contributed by atoms with Crippen molar-refractivity contribution in [2.75, 3.05) is 13.1 Å². The number of halogens is 1. The molecule has 0 amide bonds. The van der Waals surface area contributed by atoms with E-state index in [2.05, 4.69) is 4.98 Å². The maximum absolute atomic E-state index is 12.0. The first kappa shape index (κ1) is 11.3. The summed E-state index contributed by atoms with van der Waals surface area (Å²) in [6.07, 6.45) is 4.31. The molecule has 15 heavy (non-hydrogen) atoms. The Kier molecular flexibility index (Phi) is 3.30. The van der Waals surface area contributed by atoms with Crippen LogP contribution in [0.1, 0.15) is 19.3 Å². The lowest BCUT2D eigenvalue weighted by Gasteiger charge is -2.24. The molecule has 1 fully saturated rings. The van der Waals surface area contributed by atoms with E-state index < -0.39 is 10.0 Å². The lowest BCUT2D eigenvalue weighted by atomic mass is 10.2. The van der Waals surface area contributed by atoms with E-state index in [1.54, 1.807) is 0 Å². The van der Waals surface area contributed by atoms with Gasteiger partial charge in [-0.15, -0.1) is 0 Å². The van der Waals surface area contributed by atoms with Crippen molar-refractivity contribution in [2.24, 2.45) is 0 Å². The van der Waals surface area contributed by atoms with Gasteiger partial charge in [-0.3, -0.25) is 0 Å². The summed E-state index contributed by atoms with van der Waals surface area (Å²) in [7, 11) is -3.34. The second-order valence-electron chi connectivity index (χ2n) is 3.40. The third kappa shape index (κ3) is 2.33. The zero-order valence-corrected chi connectivity index (χ0v) is 10.4. The standard InChI is InChI=1S/C8H11ClN2O2S2/c9-8-10-6-7(14-8)15(12,13)11-4-2-1-3-5-11/h6H,1-5H2. The van der Waals surface area contributed by atoms with E-state index >= 15 is 0 Å². The molecule has 7 heteroatoms. The van der Waals surface area contributed by atoms with Crippen molar-refractivity contribution in [2.45, 2.75) is 23.5 Å². The number of sulfonamides is 1. The fourth-order valence-corrected chi connectivity index (χ4v) is 4.56. The minimum atomic E-state index is -3.34. The number of nitrogens with zero attached hydrogens (tertiary/aromatic N) is 2. The molecule has 0 aromatic carbocycles. The summed E-state index contributed by atoms with van der Waals surface area (Å²) in [6.45, 7) is 1.22. The van der Waals surface area contributed by atoms with Crippen LogP contribution in [-0.2, 0) is 10.0 Å². The Labute approximate surface area is 97.9 Å². The predicted octanol–water partition coefficient (Wildman–Crippen LogP) is 1.97. The molecular weight excluding hydrogens is 256 g/mol. The zero-order valence-electron chi connectivity index (χ0n) is 8.02. The molecule has 4 nitrogen and oxygen atoms in total. The zero-order chi connectivity index (χ0) is 10.9. The molecule has 1 saturated heterocycles. The Morgan fingerprint density at radius 2 is 2.00 bits per heavy atom. The molecule has 1 aliphatic rings. The minimum Gasteiger partial charge on any atom is -0.232 e. The molecule has 1 aromatic heterocycles. The molecule has 0 N–H and O–H groups in total. The van der Waals surface area contributed by atoms with Gasteiger partial charge in [0.25, 0.3) is 10.0 Å². The van der Waals surface area contributed by atoms with Crippen LogP contribution < -0.4 is 0 Å². The van der Waals surface area contributed by atoms with Gasteiger partial charge >= 0.3 is 0 Å². The lowest BCUT2D eigenvalue weighted by molar-refractivity contribution is 0.347. The highest BCUT2D eigenvalue weighted by molar-refractivity contribution is 7.91. The third-order valence-corrected chi connectivity index (χ3v) is 5.82. The molecule has 0 radical (unpaired) electrons. The first-order valence-electron chi connectivity index (χ1n) is 4.72. The maximum Gasteiger partial charge on any atom is 0.254 e. The molecular formula is C8H11ClN2O2S2. The van der Waals surface area contributed by atoms with Crippen molar-refractivity contribution in [3.8, 4) is 0 Å². The topological polar surface area (TPSA) is 50.3 Å². The summed E-state index contributed by atoms with van der Waals surface area (Å²) in [6, 6.07) is 0. The van der Waals surface area contributed by atoms with Gasteiger partial charge in [-0.1, -0.05) is 29.4 Å². The second-order valence-corrected chi connectivity index (χ2v) is 7.17. The fraction of sp³-hybridized carbons (Fsp3) is 0.625. The summed E-state index contributed by atoms with van der Waals surface area (Å²) < 4.78 is 26.1. The Balaban J connectivity index is 2.26. The Bertz CT molecular complexity index is 437. The van der Waals surface area contributed by atoms with Crippen LogP contribution >= 0.6 is 22.9 Å². The van der Waals surface area contributed by atoms with E-state index in [9.17, 15) is 8.42 Å². The van der Waals surface area contributed by atoms with Crippen LogP contribution in [0.25, 0.3) is 0 Å². The fourth-order valence-electron chi connectivity index (χ4n) is 1.59. The van der Waals surface area contributed by atoms with E-state index in [0.29, 0.717) is 13.1 Å². The average Bonchev–Trinajstić information content (AvgIpc) is 2.67. The van der Waals surface area contributed by atoms with Crippen molar-refractivity contribution >= 4 is 33.0 Å². The molecule has 0 bridgehead atoms. The molecule has 1 aromatic rings. The van der Waals surface area contributed by atoms with Crippen LogP contribution in [0.2, 0.25) is 4.47 Å². The Morgan fingerprint density at radius 3 is 2.53 bits per heavy atom. The monoisotopic (exact) mass is 266 g/mol. The summed E-state index contributed by atoms with van der Waals surface area (Å²) in [4.78, 5) is 3.76. The molecule has 0 unspecified atom stereocenters. The van der Waals surface area contributed by atoms with Gasteiger partial charge in [0.05, 0.1) is 6.20 Å². The quantitative estimate of drug-likeness (QED) is 0.822. The summed E-state index contributed by atoms with van der Waals surface area (Å²) >= 11 is 6.64. The highest BCUT2D eigenvalue weighted by atomic mass is 35.5. The average molecular weight is 267 g/mol. The molecule has 2 rings (SSSR count). The van der Waals surface area contributed by atoms with E-state index in [0.717, 1.165) is 30.6 Å². The molecule has 0 saturated carbocycles. The lowest BCUT2D eigenvalue weighted by Crippen LogP contribution is -2.35. The second kappa shape index (κ2) is 4.37. The normalized spacial score (nSPS) is 19.3. The van der Waals surface area contributed by atoms with E-state index in [1.807, 2.05) is 0 Å². The first-order chi connectivity index (χ1) is 7.10. The van der Waals surface area contributed by atoms with Gasteiger partial charge in [-0.2, -0.15) is 4.31 Å². The Hall–Kier alpha value is -0.170. The van der Waals surface area contributed by atoms with E-state index in [1.165, 1.54) is 10.5 Å². The first-order valence-corrected chi connectivity index (χ1v) is 7.35. The summed E-state index contributed by atoms with van der Waals surface area (Å²) in [5.41, 5.74) is 0. The van der Waals surface area contributed by atoms with Crippen molar-refractivity contribution in [3.05, 3.63) is 10.7 Å². The molecule has 0 spiro atoms. The Morgan fingerprint density at radius 1 is 1.33 bits per heavy atom. The van der Waals surface area contributed by atoms with Crippen molar-refractivity contribution in [1.82, 2.24) is 9.29 Å². The number of rotatable bonds is 2. The molecule has 2 heterocycles. The largest absolute Gasteiger partial charge is 0.254 e. The van der Waals surface area contributed by atoms with Crippen LogP contribution in [0.15, 0.2) is 10.4 Å². The van der Waals surface area contributed by atoms with Crippen molar-refractivity contribution in [1.29, 1.82) is 0 Å². The van der Waals surface area contributed by atoms with Crippen LogP contribution in [0.3, 0.4) is 0 Å². The van der Waals surface area contributed by atoms with Gasteiger partial charge in [-0.05, 0) is 12.8 Å². The SMILES string of the molecule is O=S(=O)(c1cnc(Cl)s1)N1CCCCC1. The number of piperidine rings is 1. The van der Waals surface area contributed by atoms with Crippen molar-refractivity contribution in [3.63, 3.8) is 0 Å². The van der Waals surface area contributed by atoms with Gasteiger partial charge in [0, 0.05) is 13.1 Å². The van der Waals surface area contributed by atoms with Crippen LogP contribution in [0, 0.1) is 0 Å². The summed E-state index contributed by atoms with van der Waals surface area (Å²) in [5, 5.41) is 0. The van der Waals surface area contributed by atoms with Gasteiger partial charge in [-0.25, -0.2) is 13.4 Å². The van der Waals surface area contributed by atoms with E-state index in [-0.39, 0.29) is 8.68 Å². The number of hydrogen-bond acceptors (Lipinski definition) is 4. The van der Waals surface area contributed by atoms with Gasteiger partial charge in [0.1, 0.15) is 0 Å². The minimum absolute atomic E-state index is 0.245. The van der Waals surface area contributed by atoms with Gasteiger partial charge in [0.15, 0.2) is 8.68 Å². The highest BCUT2D eigenvalue weighted by Crippen LogP contribution is 2.27. The molecule has 0 atom stereocenters. The van der Waals surface area contributed by atoms with Crippen LogP contribution in [0.5, 0.6) is 0 Å². The van der Waals surface area contributed by atoms with Crippen LogP contribution in [-0.4, -0.2) is 30.8 Å². The van der Waals surface area contributed by atoms with Crippen molar-refractivity contribution < 1.29 is 8.42 Å². The smallest absolute Gasteiger partial charge is 0.232 e. The highest BCUT2D eigenvalue weighted by Gasteiger charge is 2.27. The van der Waals surface area contributed by atoms with Crippen LogP contribution in [0.4, 0.5) is 0 Å². The maximum atomic E-state index is 12.0. The van der Waals surface area contributed by atoms with E-state index in [4.69, 9.17) is 11.6 Å².